The quantitative estimate of drug-likeness (QED) is 0.860. The lowest BCUT2D eigenvalue weighted by molar-refractivity contribution is -0.00472. The maximum Gasteiger partial charge on any atom is 0.118 e. The van der Waals surface area contributed by atoms with Crippen molar-refractivity contribution < 1.29 is 9.47 Å². The van der Waals surface area contributed by atoms with Gasteiger partial charge < -0.3 is 14.8 Å². The summed E-state index contributed by atoms with van der Waals surface area (Å²) in [4.78, 5) is 0. The zero-order valence-corrected chi connectivity index (χ0v) is 12.9. The molecule has 0 radical (unpaired) electrons. The second-order valence-corrected chi connectivity index (χ2v) is 5.66. The second kappa shape index (κ2) is 7.65. The molecule has 1 heterocycles. The Labute approximate surface area is 122 Å². The van der Waals surface area contributed by atoms with Gasteiger partial charge in [0.1, 0.15) is 5.75 Å². The van der Waals surface area contributed by atoms with Gasteiger partial charge in [0.25, 0.3) is 0 Å². The first kappa shape index (κ1) is 15.3. The zero-order valence-electron chi connectivity index (χ0n) is 12.9. The second-order valence-electron chi connectivity index (χ2n) is 5.66. The molecule has 0 spiro atoms. The van der Waals surface area contributed by atoms with E-state index in [9.17, 15) is 0 Å². The number of ether oxygens (including phenoxy) is 2. The molecular weight excluding hydrogens is 250 g/mol. The van der Waals surface area contributed by atoms with Crippen LogP contribution in [0, 0.1) is 0 Å². The van der Waals surface area contributed by atoms with Crippen LogP contribution in [0.1, 0.15) is 51.1 Å². The van der Waals surface area contributed by atoms with Crippen molar-refractivity contribution in [3.8, 4) is 5.75 Å². The Morgan fingerprint density at radius 1 is 1.35 bits per heavy atom. The summed E-state index contributed by atoms with van der Waals surface area (Å²) in [5.74, 6) is 0.912. The van der Waals surface area contributed by atoms with E-state index >= 15 is 0 Å². The number of hydrogen-bond donors (Lipinski definition) is 1. The highest BCUT2D eigenvalue weighted by atomic mass is 16.5. The van der Waals surface area contributed by atoms with E-state index in [4.69, 9.17) is 9.47 Å². The van der Waals surface area contributed by atoms with Gasteiger partial charge in [-0.3, -0.25) is 0 Å². The van der Waals surface area contributed by atoms with Crippen LogP contribution in [0.25, 0.3) is 0 Å². The van der Waals surface area contributed by atoms with Gasteiger partial charge in [-0.05, 0) is 43.9 Å². The molecular formula is C17H27NO2. The predicted octanol–water partition coefficient (Wildman–Crippen LogP) is 3.69. The molecule has 0 aromatic heterocycles. The molecule has 3 nitrogen and oxygen atoms in total. The first-order chi connectivity index (χ1) is 9.72. The minimum atomic E-state index is 0.367. The van der Waals surface area contributed by atoms with Gasteiger partial charge in [-0.15, -0.1) is 0 Å². The lowest BCUT2D eigenvalue weighted by Crippen LogP contribution is -2.40. The van der Waals surface area contributed by atoms with Gasteiger partial charge in [0, 0.05) is 18.7 Å². The summed E-state index contributed by atoms with van der Waals surface area (Å²) in [7, 11) is 1.70. The highest BCUT2D eigenvalue weighted by Crippen LogP contribution is 2.22. The minimum absolute atomic E-state index is 0.367. The highest BCUT2D eigenvalue weighted by molar-refractivity contribution is 5.28. The molecule has 1 fully saturated rings. The van der Waals surface area contributed by atoms with Crippen molar-refractivity contribution in [2.24, 2.45) is 0 Å². The summed E-state index contributed by atoms with van der Waals surface area (Å²) >= 11 is 0. The third-order valence-electron chi connectivity index (χ3n) is 4.08. The van der Waals surface area contributed by atoms with Gasteiger partial charge in [-0.2, -0.15) is 0 Å². The van der Waals surface area contributed by atoms with Crippen LogP contribution in [0.4, 0.5) is 0 Å². The molecule has 0 saturated carbocycles. The number of methoxy groups -OCH3 is 1. The zero-order chi connectivity index (χ0) is 14.4. The molecule has 3 atom stereocenters. The van der Waals surface area contributed by atoms with Crippen LogP contribution in [-0.2, 0) is 4.74 Å². The maximum atomic E-state index is 5.81. The lowest BCUT2D eigenvalue weighted by Gasteiger charge is -2.32. The molecule has 0 amide bonds. The highest BCUT2D eigenvalue weighted by Gasteiger charge is 2.23. The number of hydrogen-bond acceptors (Lipinski definition) is 3. The first-order valence-electron chi connectivity index (χ1n) is 7.74. The maximum absolute atomic E-state index is 5.81. The summed E-state index contributed by atoms with van der Waals surface area (Å²) in [6.07, 6.45) is 5.06. The van der Waals surface area contributed by atoms with Crippen LogP contribution >= 0.6 is 0 Å². The Hall–Kier alpha value is -1.06. The SMILES string of the molecule is CCCC1CC(N[C@@H](C)c2ccc(OC)cc2)CCO1. The summed E-state index contributed by atoms with van der Waals surface area (Å²) < 4.78 is 11.0. The molecule has 20 heavy (non-hydrogen) atoms. The average molecular weight is 277 g/mol. The topological polar surface area (TPSA) is 30.5 Å². The van der Waals surface area contributed by atoms with Gasteiger partial charge in [-0.25, -0.2) is 0 Å². The van der Waals surface area contributed by atoms with Gasteiger partial charge in [0.2, 0.25) is 0 Å². The Kier molecular flexibility index (Phi) is 5.86. The molecule has 2 unspecified atom stereocenters. The summed E-state index contributed by atoms with van der Waals surface area (Å²) in [6.45, 7) is 5.34. The van der Waals surface area contributed by atoms with Crippen LogP contribution in [0.2, 0.25) is 0 Å². The van der Waals surface area contributed by atoms with Crippen LogP contribution < -0.4 is 10.1 Å². The molecule has 1 N–H and O–H groups in total. The predicted molar refractivity (Wildman–Crippen MR) is 82.2 cm³/mol. The molecule has 1 aliphatic rings. The molecule has 0 aliphatic carbocycles. The summed E-state index contributed by atoms with van der Waals surface area (Å²) in [5.41, 5.74) is 1.31. The molecule has 112 valence electrons. The average Bonchev–Trinajstić information content (AvgIpc) is 2.48. The smallest absolute Gasteiger partial charge is 0.118 e. The Balaban J connectivity index is 1.87. The van der Waals surface area contributed by atoms with Gasteiger partial charge in [-0.1, -0.05) is 25.5 Å². The Morgan fingerprint density at radius 2 is 2.10 bits per heavy atom. The first-order valence-corrected chi connectivity index (χ1v) is 7.74. The van der Waals surface area contributed by atoms with Crippen molar-refractivity contribution in [3.05, 3.63) is 29.8 Å². The lowest BCUT2D eigenvalue weighted by atomic mass is 9.98. The van der Waals surface area contributed by atoms with E-state index in [2.05, 4.69) is 31.3 Å². The van der Waals surface area contributed by atoms with E-state index in [1.165, 1.54) is 18.4 Å². The number of rotatable bonds is 6. The van der Waals surface area contributed by atoms with E-state index in [0.29, 0.717) is 18.2 Å². The number of nitrogens with one attached hydrogen (secondary N) is 1. The number of benzene rings is 1. The molecule has 1 aromatic rings. The van der Waals surface area contributed by atoms with Gasteiger partial charge in [0.05, 0.1) is 13.2 Å². The molecule has 1 aliphatic heterocycles. The fourth-order valence-electron chi connectivity index (χ4n) is 2.90. The third-order valence-corrected chi connectivity index (χ3v) is 4.08. The molecule has 0 bridgehead atoms. The van der Waals surface area contributed by atoms with Gasteiger partial charge >= 0.3 is 0 Å². The standard InChI is InChI=1S/C17H27NO2/c1-4-5-17-12-15(10-11-20-17)18-13(2)14-6-8-16(19-3)9-7-14/h6-9,13,15,17-18H,4-5,10-12H2,1-3H3/t13-,15?,17?/m0/s1. The minimum Gasteiger partial charge on any atom is -0.497 e. The van der Waals surface area contributed by atoms with Crippen molar-refractivity contribution in [1.82, 2.24) is 5.32 Å². The monoisotopic (exact) mass is 277 g/mol. The molecule has 2 rings (SSSR count). The van der Waals surface area contributed by atoms with Crippen LogP contribution in [0.5, 0.6) is 5.75 Å². The van der Waals surface area contributed by atoms with E-state index < -0.39 is 0 Å². The van der Waals surface area contributed by atoms with Crippen molar-refractivity contribution >= 4 is 0 Å². The van der Waals surface area contributed by atoms with Crippen molar-refractivity contribution in [2.75, 3.05) is 13.7 Å². The summed E-state index contributed by atoms with van der Waals surface area (Å²) in [5, 5.41) is 3.74. The fraction of sp³-hybridized carbons (Fsp3) is 0.647. The van der Waals surface area contributed by atoms with E-state index in [0.717, 1.165) is 25.2 Å². The Bertz CT molecular complexity index is 388. The van der Waals surface area contributed by atoms with E-state index in [1.807, 2.05) is 12.1 Å². The van der Waals surface area contributed by atoms with Crippen LogP contribution in [0.3, 0.4) is 0 Å². The van der Waals surface area contributed by atoms with Crippen molar-refractivity contribution in [3.63, 3.8) is 0 Å². The third kappa shape index (κ3) is 4.22. The normalized spacial score (nSPS) is 24.4. The van der Waals surface area contributed by atoms with E-state index in [1.54, 1.807) is 7.11 Å². The molecule has 1 saturated heterocycles. The van der Waals surface area contributed by atoms with Crippen LogP contribution in [0.15, 0.2) is 24.3 Å². The molecule has 3 heteroatoms. The van der Waals surface area contributed by atoms with E-state index in [-0.39, 0.29) is 0 Å². The largest absolute Gasteiger partial charge is 0.497 e. The summed E-state index contributed by atoms with van der Waals surface area (Å²) in [6, 6.07) is 9.26. The fourth-order valence-corrected chi connectivity index (χ4v) is 2.90. The molecule has 1 aromatic carbocycles. The van der Waals surface area contributed by atoms with Crippen molar-refractivity contribution in [2.45, 2.75) is 57.7 Å². The Morgan fingerprint density at radius 3 is 2.75 bits per heavy atom. The van der Waals surface area contributed by atoms with Crippen LogP contribution in [-0.4, -0.2) is 25.9 Å². The van der Waals surface area contributed by atoms with Crippen molar-refractivity contribution in [1.29, 1.82) is 0 Å². The van der Waals surface area contributed by atoms with Gasteiger partial charge in [0.15, 0.2) is 0 Å².